The zero-order chi connectivity index (χ0) is 7.78. The molecule has 0 aromatic rings. The van der Waals surface area contributed by atoms with Gasteiger partial charge in [0.1, 0.15) is 0 Å². The van der Waals surface area contributed by atoms with Crippen molar-refractivity contribution in [3.8, 4) is 0 Å². The molecule has 0 aromatic carbocycles. The van der Waals surface area contributed by atoms with Crippen LogP contribution in [0.3, 0.4) is 0 Å². The van der Waals surface area contributed by atoms with Crippen LogP contribution in [0.5, 0.6) is 0 Å². The molecule has 0 radical (unpaired) electrons. The molecule has 0 unspecified atom stereocenters. The van der Waals surface area contributed by atoms with Gasteiger partial charge in [0.05, 0.1) is 0 Å². The van der Waals surface area contributed by atoms with E-state index in [0.717, 1.165) is 18.4 Å². The van der Waals surface area contributed by atoms with Crippen LogP contribution in [0.1, 0.15) is 13.8 Å². The maximum absolute atomic E-state index is 5.62. The molecule has 0 aliphatic heterocycles. The third kappa shape index (κ3) is 1.19. The van der Waals surface area contributed by atoms with E-state index >= 15 is 0 Å². The van der Waals surface area contributed by atoms with Crippen molar-refractivity contribution in [2.24, 2.45) is 23.0 Å². The summed E-state index contributed by atoms with van der Waals surface area (Å²) in [5, 5.41) is 0. The van der Waals surface area contributed by atoms with Gasteiger partial charge in [-0.05, 0) is 35.8 Å². The van der Waals surface area contributed by atoms with Crippen molar-refractivity contribution in [2.75, 3.05) is 18.6 Å². The first-order valence-corrected chi connectivity index (χ1v) is 5.23. The zero-order valence-electron chi connectivity index (χ0n) is 7.05. The largest absolute Gasteiger partial charge is 0.330 e. The Morgan fingerprint density at radius 2 is 2.00 bits per heavy atom. The van der Waals surface area contributed by atoms with E-state index in [1.54, 1.807) is 0 Å². The summed E-state index contributed by atoms with van der Waals surface area (Å²) < 4.78 is 0. The Kier molecular flexibility index (Phi) is 2.31. The molecule has 1 fully saturated rings. The first kappa shape index (κ1) is 8.41. The Hall–Kier alpha value is 0.310. The molecule has 1 rings (SSSR count). The molecule has 0 amide bonds. The van der Waals surface area contributed by atoms with Crippen LogP contribution in [0.15, 0.2) is 0 Å². The minimum Gasteiger partial charge on any atom is -0.330 e. The van der Waals surface area contributed by atoms with Gasteiger partial charge < -0.3 is 5.73 Å². The quantitative estimate of drug-likeness (QED) is 0.676. The van der Waals surface area contributed by atoms with Crippen molar-refractivity contribution in [1.29, 1.82) is 0 Å². The van der Waals surface area contributed by atoms with Crippen molar-refractivity contribution in [1.82, 2.24) is 0 Å². The summed E-state index contributed by atoms with van der Waals surface area (Å²) in [5.41, 5.74) is 6.16. The summed E-state index contributed by atoms with van der Waals surface area (Å²) in [6, 6.07) is 0. The van der Waals surface area contributed by atoms with Gasteiger partial charge in [0.2, 0.25) is 0 Å². The van der Waals surface area contributed by atoms with Crippen LogP contribution in [0, 0.1) is 17.3 Å². The van der Waals surface area contributed by atoms with Gasteiger partial charge in [-0.15, -0.1) is 0 Å². The summed E-state index contributed by atoms with van der Waals surface area (Å²) in [6.45, 7) is 5.52. The van der Waals surface area contributed by atoms with E-state index in [-0.39, 0.29) is 0 Å². The van der Waals surface area contributed by atoms with Crippen LogP contribution in [-0.4, -0.2) is 18.6 Å². The number of nitrogens with two attached hydrogens (primary N) is 1. The molecular weight excluding hydrogens is 142 g/mol. The van der Waals surface area contributed by atoms with E-state index in [0.29, 0.717) is 5.41 Å². The lowest BCUT2D eigenvalue weighted by molar-refractivity contribution is 0.549. The highest BCUT2D eigenvalue weighted by atomic mass is 32.2. The summed E-state index contributed by atoms with van der Waals surface area (Å²) in [5.74, 6) is 2.96. The molecule has 0 spiro atoms. The summed E-state index contributed by atoms with van der Waals surface area (Å²) in [7, 11) is 0. The minimum atomic E-state index is 0.539. The maximum atomic E-state index is 5.62. The number of rotatable bonds is 3. The van der Waals surface area contributed by atoms with Gasteiger partial charge in [0.15, 0.2) is 0 Å². The fourth-order valence-corrected chi connectivity index (χ4v) is 2.86. The molecule has 0 heterocycles. The molecule has 1 nitrogen and oxygen atoms in total. The van der Waals surface area contributed by atoms with Crippen LogP contribution in [0.4, 0.5) is 0 Å². The Labute approximate surface area is 67.8 Å². The summed E-state index contributed by atoms with van der Waals surface area (Å²) >= 11 is 1.94. The van der Waals surface area contributed by atoms with Crippen molar-refractivity contribution < 1.29 is 0 Å². The third-order valence-corrected chi connectivity index (χ3v) is 3.58. The molecule has 0 saturated heterocycles. The summed E-state index contributed by atoms with van der Waals surface area (Å²) in [6.07, 6.45) is 2.17. The topological polar surface area (TPSA) is 26.0 Å². The smallest absolute Gasteiger partial charge is 0.00334 e. The molecule has 1 saturated carbocycles. The molecule has 1 aliphatic carbocycles. The van der Waals surface area contributed by atoms with Gasteiger partial charge in [-0.25, -0.2) is 0 Å². The lowest BCUT2D eigenvalue weighted by Crippen LogP contribution is -2.05. The molecule has 0 bridgehead atoms. The van der Waals surface area contributed by atoms with Crippen LogP contribution < -0.4 is 5.73 Å². The second-order valence-corrected chi connectivity index (χ2v) is 4.64. The van der Waals surface area contributed by atoms with E-state index < -0.39 is 0 Å². The fraction of sp³-hybridized carbons (Fsp3) is 1.00. The average Bonchev–Trinajstić information content (AvgIpc) is 2.36. The Morgan fingerprint density at radius 3 is 2.30 bits per heavy atom. The maximum Gasteiger partial charge on any atom is -0.00334 e. The van der Waals surface area contributed by atoms with Gasteiger partial charge in [0.25, 0.3) is 0 Å². The molecule has 2 N–H and O–H groups in total. The summed E-state index contributed by atoms with van der Waals surface area (Å²) in [4.78, 5) is 0. The molecule has 60 valence electrons. The van der Waals surface area contributed by atoms with E-state index in [1.807, 2.05) is 11.8 Å². The van der Waals surface area contributed by atoms with E-state index in [9.17, 15) is 0 Å². The van der Waals surface area contributed by atoms with Gasteiger partial charge in [-0.3, -0.25) is 0 Å². The second kappa shape index (κ2) is 2.74. The highest BCUT2D eigenvalue weighted by Gasteiger charge is 2.55. The molecular formula is C8H17NS. The Morgan fingerprint density at radius 1 is 1.40 bits per heavy atom. The SMILES string of the molecule is CSC[C@@H]1[C@@H](CN)C1(C)C. The predicted octanol–water partition coefficient (Wildman–Crippen LogP) is 1.58. The van der Waals surface area contributed by atoms with Crippen LogP contribution in [0.2, 0.25) is 0 Å². The van der Waals surface area contributed by atoms with Crippen molar-refractivity contribution >= 4 is 11.8 Å². The van der Waals surface area contributed by atoms with E-state index in [4.69, 9.17) is 5.73 Å². The fourth-order valence-electron chi connectivity index (χ4n) is 1.84. The normalized spacial score (nSPS) is 36.0. The van der Waals surface area contributed by atoms with Gasteiger partial charge >= 0.3 is 0 Å². The van der Waals surface area contributed by atoms with E-state index in [2.05, 4.69) is 20.1 Å². The van der Waals surface area contributed by atoms with Gasteiger partial charge in [-0.1, -0.05) is 13.8 Å². The van der Waals surface area contributed by atoms with Crippen LogP contribution >= 0.6 is 11.8 Å². The molecule has 0 aromatic heterocycles. The van der Waals surface area contributed by atoms with Gasteiger partial charge in [-0.2, -0.15) is 11.8 Å². The van der Waals surface area contributed by atoms with Crippen molar-refractivity contribution in [2.45, 2.75) is 13.8 Å². The minimum absolute atomic E-state index is 0.539. The molecule has 2 heteroatoms. The lowest BCUT2D eigenvalue weighted by Gasteiger charge is -1.98. The van der Waals surface area contributed by atoms with Crippen LogP contribution in [-0.2, 0) is 0 Å². The van der Waals surface area contributed by atoms with E-state index in [1.165, 1.54) is 5.75 Å². The van der Waals surface area contributed by atoms with Crippen LogP contribution in [0.25, 0.3) is 0 Å². The lowest BCUT2D eigenvalue weighted by atomic mass is 10.1. The molecule has 10 heavy (non-hydrogen) atoms. The highest BCUT2D eigenvalue weighted by Crippen LogP contribution is 2.58. The third-order valence-electron chi connectivity index (χ3n) is 2.89. The Bertz CT molecular complexity index is 122. The first-order chi connectivity index (χ1) is 4.64. The average molecular weight is 159 g/mol. The van der Waals surface area contributed by atoms with Gasteiger partial charge in [0, 0.05) is 0 Å². The van der Waals surface area contributed by atoms with Crippen molar-refractivity contribution in [3.63, 3.8) is 0 Å². The number of hydrogen-bond donors (Lipinski definition) is 1. The standard InChI is InChI=1S/C8H17NS/c1-8(2)6(4-9)7(8)5-10-3/h6-7H,4-5,9H2,1-3H3/t6-,7-/m1/s1. The Balaban J connectivity index is 2.37. The van der Waals surface area contributed by atoms with Crippen molar-refractivity contribution in [3.05, 3.63) is 0 Å². The number of hydrogen-bond acceptors (Lipinski definition) is 2. The monoisotopic (exact) mass is 159 g/mol. The second-order valence-electron chi connectivity index (χ2n) is 3.73. The molecule has 1 aliphatic rings. The zero-order valence-corrected chi connectivity index (χ0v) is 7.87. The predicted molar refractivity (Wildman–Crippen MR) is 48.2 cm³/mol. The first-order valence-electron chi connectivity index (χ1n) is 3.83. The molecule has 2 atom stereocenters. The number of thioether (sulfide) groups is 1. The highest BCUT2D eigenvalue weighted by molar-refractivity contribution is 7.98.